The van der Waals surface area contributed by atoms with E-state index in [0.29, 0.717) is 25.4 Å². The van der Waals surface area contributed by atoms with Gasteiger partial charge in [0, 0.05) is 30.5 Å². The van der Waals surface area contributed by atoms with E-state index in [2.05, 4.69) is 6.08 Å². The zero-order valence-electron chi connectivity index (χ0n) is 13.6. The predicted molar refractivity (Wildman–Crippen MR) is 88.9 cm³/mol. The standard InChI is InChI=1S/C19H23NO3/c1-12(2)8-17(19(22)23)20-10-14-9-15(18(21)16(14)11-20)13-6-4-3-5-7-13/h3-7,9,12,14,16-17H,8,10-11H2,1-2H3,(H,22,23). The summed E-state index contributed by atoms with van der Waals surface area (Å²) in [6, 6.07) is 9.25. The van der Waals surface area contributed by atoms with Crippen LogP contribution in [0.25, 0.3) is 5.57 Å². The van der Waals surface area contributed by atoms with Crippen LogP contribution in [0.4, 0.5) is 0 Å². The second-order valence-corrected chi connectivity index (χ2v) is 7.02. The van der Waals surface area contributed by atoms with Gasteiger partial charge in [-0.1, -0.05) is 50.3 Å². The summed E-state index contributed by atoms with van der Waals surface area (Å²) in [6.45, 7) is 5.28. The lowest BCUT2D eigenvalue weighted by Crippen LogP contribution is -2.41. The van der Waals surface area contributed by atoms with Gasteiger partial charge >= 0.3 is 5.97 Å². The van der Waals surface area contributed by atoms with Crippen LogP contribution in [-0.2, 0) is 9.59 Å². The number of fused-ring (bicyclic) bond motifs is 1. The smallest absolute Gasteiger partial charge is 0.320 e. The predicted octanol–water partition coefficient (Wildman–Crippen LogP) is 2.70. The monoisotopic (exact) mass is 313 g/mol. The van der Waals surface area contributed by atoms with Gasteiger partial charge in [0.2, 0.25) is 0 Å². The van der Waals surface area contributed by atoms with Crippen molar-refractivity contribution in [3.8, 4) is 0 Å². The number of allylic oxidation sites excluding steroid dienone is 1. The molecular formula is C19H23NO3. The second-order valence-electron chi connectivity index (χ2n) is 7.02. The van der Waals surface area contributed by atoms with Crippen molar-refractivity contribution in [2.45, 2.75) is 26.3 Å². The number of carbonyl (C=O) groups is 2. The van der Waals surface area contributed by atoms with Crippen LogP contribution in [0.15, 0.2) is 36.4 Å². The first-order valence-corrected chi connectivity index (χ1v) is 8.25. The van der Waals surface area contributed by atoms with Gasteiger partial charge in [-0.2, -0.15) is 0 Å². The molecule has 4 heteroatoms. The van der Waals surface area contributed by atoms with Gasteiger partial charge in [-0.3, -0.25) is 14.5 Å². The van der Waals surface area contributed by atoms with E-state index < -0.39 is 12.0 Å². The lowest BCUT2D eigenvalue weighted by molar-refractivity contribution is -0.143. The number of Topliss-reactive ketones (excluding diaryl/α,β-unsaturated/α-hetero) is 1. The Kier molecular flexibility index (Phi) is 4.35. The molecule has 0 radical (unpaired) electrons. The third kappa shape index (κ3) is 3.08. The summed E-state index contributed by atoms with van der Waals surface area (Å²) < 4.78 is 0. The molecule has 1 aromatic carbocycles. The zero-order chi connectivity index (χ0) is 16.6. The van der Waals surface area contributed by atoms with Crippen molar-refractivity contribution in [2.24, 2.45) is 17.8 Å². The Bertz CT molecular complexity index is 635. The molecule has 3 atom stereocenters. The Hall–Kier alpha value is -1.94. The molecule has 0 aromatic heterocycles. The average molecular weight is 313 g/mol. The molecule has 0 bridgehead atoms. The fraction of sp³-hybridized carbons (Fsp3) is 0.474. The van der Waals surface area contributed by atoms with Crippen molar-refractivity contribution < 1.29 is 14.7 Å². The van der Waals surface area contributed by atoms with Crippen LogP contribution in [0.2, 0.25) is 0 Å². The van der Waals surface area contributed by atoms with Gasteiger partial charge in [-0.05, 0) is 17.9 Å². The molecule has 1 aliphatic carbocycles. The quantitative estimate of drug-likeness (QED) is 0.908. The van der Waals surface area contributed by atoms with Crippen LogP contribution in [0.3, 0.4) is 0 Å². The summed E-state index contributed by atoms with van der Waals surface area (Å²) in [7, 11) is 0. The molecule has 1 N–H and O–H groups in total. The number of carboxylic acids is 1. The van der Waals surface area contributed by atoms with E-state index in [4.69, 9.17) is 0 Å². The van der Waals surface area contributed by atoms with Crippen LogP contribution < -0.4 is 0 Å². The molecule has 1 heterocycles. The van der Waals surface area contributed by atoms with E-state index in [0.717, 1.165) is 11.1 Å². The van der Waals surface area contributed by atoms with E-state index in [-0.39, 0.29) is 17.6 Å². The summed E-state index contributed by atoms with van der Waals surface area (Å²) in [4.78, 5) is 26.3. The molecule has 1 fully saturated rings. The van der Waals surface area contributed by atoms with Crippen LogP contribution in [-0.4, -0.2) is 40.9 Å². The molecular weight excluding hydrogens is 290 g/mol. The first-order valence-electron chi connectivity index (χ1n) is 8.25. The van der Waals surface area contributed by atoms with Crippen molar-refractivity contribution in [2.75, 3.05) is 13.1 Å². The number of ketones is 1. The molecule has 3 unspecified atom stereocenters. The summed E-state index contributed by atoms with van der Waals surface area (Å²) in [5, 5.41) is 9.50. The van der Waals surface area contributed by atoms with Crippen molar-refractivity contribution in [3.05, 3.63) is 42.0 Å². The Morgan fingerprint density at radius 1 is 1.26 bits per heavy atom. The summed E-state index contributed by atoms with van der Waals surface area (Å²) in [5.74, 6) is -0.232. The van der Waals surface area contributed by atoms with E-state index >= 15 is 0 Å². The third-order valence-corrected chi connectivity index (χ3v) is 4.88. The molecule has 0 spiro atoms. The van der Waals surface area contributed by atoms with Crippen LogP contribution in [0.5, 0.6) is 0 Å². The molecule has 122 valence electrons. The fourth-order valence-electron chi connectivity index (χ4n) is 3.77. The Balaban J connectivity index is 1.77. The first kappa shape index (κ1) is 15.9. The van der Waals surface area contributed by atoms with Crippen molar-refractivity contribution in [3.63, 3.8) is 0 Å². The third-order valence-electron chi connectivity index (χ3n) is 4.88. The minimum absolute atomic E-state index is 0.0841. The molecule has 0 saturated carbocycles. The minimum Gasteiger partial charge on any atom is -0.480 e. The number of aliphatic carboxylic acids is 1. The lowest BCUT2D eigenvalue weighted by Gasteiger charge is -2.26. The van der Waals surface area contributed by atoms with E-state index in [9.17, 15) is 14.7 Å². The molecule has 1 aliphatic heterocycles. The number of carbonyl (C=O) groups excluding carboxylic acids is 1. The summed E-state index contributed by atoms with van der Waals surface area (Å²) in [6.07, 6.45) is 2.68. The van der Waals surface area contributed by atoms with E-state index in [1.54, 1.807) is 0 Å². The van der Waals surface area contributed by atoms with E-state index in [1.807, 2.05) is 49.1 Å². The van der Waals surface area contributed by atoms with Gasteiger partial charge in [-0.15, -0.1) is 0 Å². The highest BCUT2D eigenvalue weighted by molar-refractivity contribution is 6.24. The number of benzene rings is 1. The zero-order valence-corrected chi connectivity index (χ0v) is 13.6. The Labute approximate surface area is 136 Å². The normalized spacial score (nSPS) is 25.5. The van der Waals surface area contributed by atoms with Gasteiger partial charge in [-0.25, -0.2) is 0 Å². The highest BCUT2D eigenvalue weighted by atomic mass is 16.4. The summed E-state index contributed by atoms with van der Waals surface area (Å²) >= 11 is 0. The highest BCUT2D eigenvalue weighted by Gasteiger charge is 2.45. The molecule has 3 rings (SSSR count). The molecule has 4 nitrogen and oxygen atoms in total. The number of rotatable bonds is 5. The van der Waals surface area contributed by atoms with Gasteiger partial charge in [0.05, 0.1) is 0 Å². The summed E-state index contributed by atoms with van der Waals surface area (Å²) in [5.41, 5.74) is 1.77. The van der Waals surface area contributed by atoms with Crippen molar-refractivity contribution in [1.29, 1.82) is 0 Å². The van der Waals surface area contributed by atoms with E-state index in [1.165, 1.54) is 0 Å². The molecule has 1 aromatic rings. The molecule has 0 amide bonds. The average Bonchev–Trinajstić information content (AvgIpc) is 3.05. The maximum Gasteiger partial charge on any atom is 0.320 e. The minimum atomic E-state index is -0.779. The maximum atomic E-state index is 12.7. The van der Waals surface area contributed by atoms with Crippen molar-refractivity contribution >= 4 is 17.3 Å². The Morgan fingerprint density at radius 2 is 1.96 bits per heavy atom. The number of likely N-dealkylation sites (tertiary alicyclic amines) is 1. The van der Waals surface area contributed by atoms with Crippen molar-refractivity contribution in [1.82, 2.24) is 4.90 Å². The SMILES string of the molecule is CC(C)CC(C(=O)O)N1CC2C=C(c3ccccc3)C(=O)C2C1. The topological polar surface area (TPSA) is 57.6 Å². The second kappa shape index (κ2) is 6.28. The number of hydrogen-bond acceptors (Lipinski definition) is 3. The number of carboxylic acid groups (broad SMARTS) is 1. The number of hydrogen-bond donors (Lipinski definition) is 1. The molecule has 2 aliphatic rings. The van der Waals surface area contributed by atoms with Crippen LogP contribution in [0.1, 0.15) is 25.8 Å². The van der Waals surface area contributed by atoms with Gasteiger partial charge in [0.15, 0.2) is 5.78 Å². The maximum absolute atomic E-state index is 12.7. The van der Waals surface area contributed by atoms with Gasteiger partial charge in [0.1, 0.15) is 6.04 Å². The van der Waals surface area contributed by atoms with Crippen LogP contribution >= 0.6 is 0 Å². The highest BCUT2D eigenvalue weighted by Crippen LogP contribution is 2.39. The van der Waals surface area contributed by atoms with Gasteiger partial charge < -0.3 is 5.11 Å². The largest absolute Gasteiger partial charge is 0.480 e. The van der Waals surface area contributed by atoms with Crippen LogP contribution in [0, 0.1) is 17.8 Å². The first-order chi connectivity index (χ1) is 11.0. The number of nitrogens with zero attached hydrogens (tertiary/aromatic N) is 1. The molecule has 23 heavy (non-hydrogen) atoms. The van der Waals surface area contributed by atoms with Gasteiger partial charge in [0.25, 0.3) is 0 Å². The molecule has 1 saturated heterocycles. The lowest BCUT2D eigenvalue weighted by atomic mass is 9.97. The Morgan fingerprint density at radius 3 is 2.52 bits per heavy atom. The fourth-order valence-corrected chi connectivity index (χ4v) is 3.77.